The Bertz CT molecular complexity index is 1170. The zero-order chi connectivity index (χ0) is 23.9. The summed E-state index contributed by atoms with van der Waals surface area (Å²) in [6.07, 6.45) is 0. The van der Waals surface area contributed by atoms with Crippen LogP contribution in [0.25, 0.3) is 0 Å². The minimum Gasteiger partial charge on any atom is -0.378 e. The Hall–Kier alpha value is -3.77. The number of para-hydroxylation sites is 1. The lowest BCUT2D eigenvalue weighted by atomic mass is 10.2. The average Bonchev–Trinajstić information content (AvgIpc) is 2.85. The van der Waals surface area contributed by atoms with Gasteiger partial charge in [0.1, 0.15) is 0 Å². The number of aryl methyl sites for hydroxylation is 1. The van der Waals surface area contributed by atoms with E-state index in [0.717, 1.165) is 17.4 Å². The number of ether oxygens (including phenoxy) is 1. The molecule has 0 aliphatic carbocycles. The Balaban J connectivity index is 1.47. The van der Waals surface area contributed by atoms with Crippen LogP contribution in [0.2, 0.25) is 0 Å². The standard InChI is InChI=1S/C22H23N7O4S/c1-15-7-8-17(13-18(15)29(31)32)23-19(30)14-34-22-26-20(24-16-5-3-2-4-6-16)25-21(27-22)28-9-11-33-12-10-28/h2-8,13H,9-12,14H2,1H3,(H,23,30)(H,24,25,26,27). The summed E-state index contributed by atoms with van der Waals surface area (Å²) >= 11 is 1.16. The third kappa shape index (κ3) is 6.17. The van der Waals surface area contributed by atoms with Crippen LogP contribution in [0.3, 0.4) is 0 Å². The van der Waals surface area contributed by atoms with E-state index in [4.69, 9.17) is 4.74 Å². The molecule has 0 spiro atoms. The average molecular weight is 482 g/mol. The van der Waals surface area contributed by atoms with Gasteiger partial charge in [-0.25, -0.2) is 0 Å². The smallest absolute Gasteiger partial charge is 0.274 e. The van der Waals surface area contributed by atoms with Crippen molar-refractivity contribution in [3.63, 3.8) is 0 Å². The van der Waals surface area contributed by atoms with Gasteiger partial charge in [0.05, 0.1) is 23.9 Å². The highest BCUT2D eigenvalue weighted by molar-refractivity contribution is 7.99. The number of aromatic nitrogens is 3. The maximum absolute atomic E-state index is 12.5. The first kappa shape index (κ1) is 23.4. The molecule has 176 valence electrons. The van der Waals surface area contributed by atoms with Crippen LogP contribution in [0.4, 0.5) is 29.0 Å². The van der Waals surface area contributed by atoms with Crippen molar-refractivity contribution in [3.8, 4) is 0 Å². The van der Waals surface area contributed by atoms with Gasteiger partial charge in [0.15, 0.2) is 5.16 Å². The third-order valence-corrected chi connectivity index (χ3v) is 5.80. The molecule has 12 heteroatoms. The first-order valence-electron chi connectivity index (χ1n) is 10.6. The van der Waals surface area contributed by atoms with Gasteiger partial charge in [0.2, 0.25) is 17.8 Å². The summed E-state index contributed by atoms with van der Waals surface area (Å²) in [6, 6.07) is 14.1. The second kappa shape index (κ2) is 10.9. The van der Waals surface area contributed by atoms with E-state index >= 15 is 0 Å². The minimum absolute atomic E-state index is 0.0268. The van der Waals surface area contributed by atoms with Gasteiger partial charge in [-0.3, -0.25) is 14.9 Å². The van der Waals surface area contributed by atoms with Crippen LogP contribution in [0, 0.1) is 17.0 Å². The molecule has 2 heterocycles. The fourth-order valence-electron chi connectivity index (χ4n) is 3.23. The molecule has 1 aliphatic heterocycles. The number of thioether (sulfide) groups is 1. The van der Waals surface area contributed by atoms with E-state index in [1.165, 1.54) is 6.07 Å². The number of morpholine rings is 1. The Labute approximate surface area is 200 Å². The summed E-state index contributed by atoms with van der Waals surface area (Å²) in [6.45, 7) is 4.13. The van der Waals surface area contributed by atoms with Gasteiger partial charge in [-0.1, -0.05) is 36.0 Å². The van der Waals surface area contributed by atoms with Crippen LogP contribution in [0.1, 0.15) is 5.56 Å². The number of rotatable bonds is 8. The zero-order valence-electron chi connectivity index (χ0n) is 18.4. The number of carbonyl (C=O) groups is 1. The number of carbonyl (C=O) groups excluding carboxylic acids is 1. The van der Waals surface area contributed by atoms with Gasteiger partial charge in [-0.05, 0) is 25.1 Å². The first-order chi connectivity index (χ1) is 16.5. The Morgan fingerprint density at radius 2 is 1.88 bits per heavy atom. The minimum atomic E-state index is -0.473. The molecular formula is C22H23N7O4S. The van der Waals surface area contributed by atoms with Crippen LogP contribution in [0.5, 0.6) is 0 Å². The number of hydrogen-bond acceptors (Lipinski definition) is 10. The van der Waals surface area contributed by atoms with E-state index in [9.17, 15) is 14.9 Å². The monoisotopic (exact) mass is 481 g/mol. The summed E-state index contributed by atoms with van der Waals surface area (Å²) < 4.78 is 5.41. The molecule has 4 rings (SSSR count). The quantitative estimate of drug-likeness (QED) is 0.280. The number of nitrogens with zero attached hydrogens (tertiary/aromatic N) is 5. The Morgan fingerprint density at radius 3 is 2.62 bits per heavy atom. The highest BCUT2D eigenvalue weighted by atomic mass is 32.2. The van der Waals surface area contributed by atoms with Crippen molar-refractivity contribution < 1.29 is 14.5 Å². The number of nitro benzene ring substituents is 1. The number of amides is 1. The molecule has 0 radical (unpaired) electrons. The molecule has 1 amide bonds. The lowest BCUT2D eigenvalue weighted by molar-refractivity contribution is -0.385. The Morgan fingerprint density at radius 1 is 1.12 bits per heavy atom. The summed E-state index contributed by atoms with van der Waals surface area (Å²) in [5.41, 5.74) is 1.67. The van der Waals surface area contributed by atoms with Gasteiger partial charge in [-0.15, -0.1) is 0 Å². The number of hydrogen-bond donors (Lipinski definition) is 2. The molecule has 0 atom stereocenters. The van der Waals surface area contributed by atoms with Crippen molar-refractivity contribution in [1.29, 1.82) is 0 Å². The van der Waals surface area contributed by atoms with Crippen molar-refractivity contribution in [3.05, 3.63) is 64.2 Å². The van der Waals surface area contributed by atoms with E-state index in [0.29, 0.717) is 54.6 Å². The summed E-state index contributed by atoms with van der Waals surface area (Å²) in [4.78, 5) is 38.7. The number of benzene rings is 2. The van der Waals surface area contributed by atoms with Crippen LogP contribution in [-0.2, 0) is 9.53 Å². The summed E-state index contributed by atoms with van der Waals surface area (Å²) in [5.74, 6) is 0.585. The van der Waals surface area contributed by atoms with E-state index in [1.54, 1.807) is 19.1 Å². The highest BCUT2D eigenvalue weighted by Gasteiger charge is 2.18. The molecule has 1 fully saturated rings. The molecule has 1 aromatic heterocycles. The molecule has 1 saturated heterocycles. The van der Waals surface area contributed by atoms with Crippen LogP contribution < -0.4 is 15.5 Å². The van der Waals surface area contributed by atoms with Gasteiger partial charge in [-0.2, -0.15) is 15.0 Å². The molecule has 0 bridgehead atoms. The largest absolute Gasteiger partial charge is 0.378 e. The van der Waals surface area contributed by atoms with Crippen LogP contribution >= 0.6 is 11.8 Å². The van der Waals surface area contributed by atoms with Crippen molar-refractivity contribution in [1.82, 2.24) is 15.0 Å². The van der Waals surface area contributed by atoms with Crippen molar-refractivity contribution in [2.45, 2.75) is 12.1 Å². The lowest BCUT2D eigenvalue weighted by Gasteiger charge is -2.27. The first-order valence-corrected chi connectivity index (χ1v) is 11.5. The Kier molecular flexibility index (Phi) is 7.50. The fraction of sp³-hybridized carbons (Fsp3) is 0.273. The summed E-state index contributed by atoms with van der Waals surface area (Å²) in [5, 5.41) is 17.4. The predicted octanol–water partition coefficient (Wildman–Crippen LogP) is 3.40. The molecule has 0 saturated carbocycles. The molecule has 0 unspecified atom stereocenters. The van der Waals surface area contributed by atoms with Gasteiger partial charge in [0.25, 0.3) is 5.69 Å². The fourth-order valence-corrected chi connectivity index (χ4v) is 3.86. The van der Waals surface area contributed by atoms with Gasteiger partial charge < -0.3 is 20.3 Å². The van der Waals surface area contributed by atoms with Crippen LogP contribution in [-0.4, -0.2) is 57.8 Å². The molecule has 2 N–H and O–H groups in total. The van der Waals surface area contributed by atoms with E-state index in [1.807, 2.05) is 35.2 Å². The SMILES string of the molecule is Cc1ccc(NC(=O)CSc2nc(Nc3ccccc3)nc(N3CCOCC3)n2)cc1[N+](=O)[O-]. The molecule has 34 heavy (non-hydrogen) atoms. The van der Waals surface area contributed by atoms with Gasteiger partial charge >= 0.3 is 0 Å². The summed E-state index contributed by atoms with van der Waals surface area (Å²) in [7, 11) is 0. The second-order valence-corrected chi connectivity index (χ2v) is 8.37. The van der Waals surface area contributed by atoms with Crippen molar-refractivity contribution >= 4 is 46.6 Å². The number of anilines is 4. The number of nitrogens with one attached hydrogen (secondary N) is 2. The normalized spacial score (nSPS) is 13.4. The number of nitro groups is 1. The zero-order valence-corrected chi connectivity index (χ0v) is 19.2. The highest BCUT2D eigenvalue weighted by Crippen LogP contribution is 2.24. The topological polar surface area (TPSA) is 135 Å². The van der Waals surface area contributed by atoms with Crippen LogP contribution in [0.15, 0.2) is 53.7 Å². The van der Waals surface area contributed by atoms with E-state index in [2.05, 4.69) is 25.6 Å². The molecule has 3 aromatic rings. The molecule has 1 aliphatic rings. The van der Waals surface area contributed by atoms with Crippen molar-refractivity contribution in [2.75, 3.05) is 47.6 Å². The van der Waals surface area contributed by atoms with E-state index in [-0.39, 0.29) is 17.3 Å². The molecule has 2 aromatic carbocycles. The van der Waals surface area contributed by atoms with Gasteiger partial charge in [0, 0.05) is 36.1 Å². The van der Waals surface area contributed by atoms with E-state index < -0.39 is 4.92 Å². The molecular weight excluding hydrogens is 458 g/mol. The second-order valence-electron chi connectivity index (χ2n) is 7.43. The third-order valence-electron chi connectivity index (χ3n) is 4.95. The van der Waals surface area contributed by atoms with Crippen molar-refractivity contribution in [2.24, 2.45) is 0 Å². The maximum Gasteiger partial charge on any atom is 0.274 e. The predicted molar refractivity (Wildman–Crippen MR) is 130 cm³/mol. The lowest BCUT2D eigenvalue weighted by Crippen LogP contribution is -2.37. The molecule has 11 nitrogen and oxygen atoms in total. The maximum atomic E-state index is 12.5.